The summed E-state index contributed by atoms with van der Waals surface area (Å²) in [5.74, 6) is -1.48. The second kappa shape index (κ2) is 6.51. The van der Waals surface area contributed by atoms with Gasteiger partial charge in [0, 0.05) is 18.9 Å². The Hall–Kier alpha value is -2.18. The first-order valence-corrected chi connectivity index (χ1v) is 6.50. The lowest BCUT2D eigenvalue weighted by Crippen LogP contribution is -2.23. The summed E-state index contributed by atoms with van der Waals surface area (Å²) in [7, 11) is 0. The molecule has 2 aromatic heterocycles. The topological polar surface area (TPSA) is 92.2 Å². The smallest absolute Gasteiger partial charge is 0.354 e. The van der Waals surface area contributed by atoms with Crippen molar-refractivity contribution in [3.63, 3.8) is 0 Å². The molecule has 0 bridgehead atoms. The van der Waals surface area contributed by atoms with Gasteiger partial charge in [0.15, 0.2) is 0 Å². The Morgan fingerprint density at radius 3 is 2.52 bits per heavy atom. The first kappa shape index (κ1) is 15.2. The van der Waals surface area contributed by atoms with E-state index in [2.05, 4.69) is 15.3 Å². The summed E-state index contributed by atoms with van der Waals surface area (Å²) in [4.78, 5) is 30.1. The van der Waals surface area contributed by atoms with Crippen molar-refractivity contribution in [1.29, 1.82) is 0 Å². The van der Waals surface area contributed by atoms with E-state index in [0.29, 0.717) is 5.56 Å². The van der Waals surface area contributed by atoms with E-state index >= 15 is 0 Å². The van der Waals surface area contributed by atoms with Gasteiger partial charge in [-0.05, 0) is 17.7 Å². The van der Waals surface area contributed by atoms with Gasteiger partial charge in [-0.25, -0.2) is 14.8 Å². The third-order valence-electron chi connectivity index (χ3n) is 2.56. The molecule has 0 radical (unpaired) electrons. The van der Waals surface area contributed by atoms with Crippen LogP contribution in [0.1, 0.15) is 26.4 Å². The maximum Gasteiger partial charge on any atom is 0.354 e. The number of aromatic nitrogens is 2. The summed E-state index contributed by atoms with van der Waals surface area (Å²) in [6.07, 6.45) is 2.70. The molecule has 8 heteroatoms. The van der Waals surface area contributed by atoms with Crippen molar-refractivity contribution in [1.82, 2.24) is 15.3 Å². The van der Waals surface area contributed by atoms with E-state index in [-0.39, 0.29) is 33.9 Å². The quantitative estimate of drug-likeness (QED) is 0.842. The highest BCUT2D eigenvalue weighted by Gasteiger charge is 2.09. The van der Waals surface area contributed by atoms with E-state index in [1.807, 2.05) is 0 Å². The second-order valence-corrected chi connectivity index (χ2v) is 4.80. The van der Waals surface area contributed by atoms with E-state index in [9.17, 15) is 9.59 Å². The van der Waals surface area contributed by atoms with E-state index in [1.165, 1.54) is 24.5 Å². The van der Waals surface area contributed by atoms with Gasteiger partial charge in [0.1, 0.15) is 10.8 Å². The van der Waals surface area contributed by atoms with Gasteiger partial charge in [0.25, 0.3) is 5.91 Å². The molecule has 6 nitrogen and oxygen atoms in total. The highest BCUT2D eigenvalue weighted by atomic mass is 35.5. The fourth-order valence-electron chi connectivity index (χ4n) is 1.49. The number of hydrogen-bond donors (Lipinski definition) is 2. The number of amides is 1. The Labute approximate surface area is 129 Å². The molecular formula is C13H9Cl2N3O3. The van der Waals surface area contributed by atoms with Crippen LogP contribution in [-0.4, -0.2) is 27.0 Å². The number of carbonyl (C=O) groups is 2. The number of aromatic carboxylic acids is 1. The van der Waals surface area contributed by atoms with Gasteiger partial charge >= 0.3 is 5.97 Å². The van der Waals surface area contributed by atoms with E-state index in [4.69, 9.17) is 28.3 Å². The fraction of sp³-hybridized carbons (Fsp3) is 0.0769. The monoisotopic (exact) mass is 325 g/mol. The largest absolute Gasteiger partial charge is 0.477 e. The van der Waals surface area contributed by atoms with Crippen molar-refractivity contribution >= 4 is 35.1 Å². The molecule has 0 aliphatic carbocycles. The van der Waals surface area contributed by atoms with E-state index in [0.717, 1.165) is 0 Å². The van der Waals surface area contributed by atoms with Crippen molar-refractivity contribution in [2.45, 2.75) is 6.54 Å². The molecule has 0 spiro atoms. The summed E-state index contributed by atoms with van der Waals surface area (Å²) in [6, 6.07) is 4.35. The van der Waals surface area contributed by atoms with Gasteiger partial charge in [-0.1, -0.05) is 29.3 Å². The summed E-state index contributed by atoms with van der Waals surface area (Å²) >= 11 is 11.4. The van der Waals surface area contributed by atoms with Crippen LogP contribution in [0.2, 0.25) is 10.2 Å². The third-order valence-corrected chi connectivity index (χ3v) is 3.24. The maximum absolute atomic E-state index is 11.9. The molecule has 0 atom stereocenters. The number of carboxylic acids is 1. The molecule has 21 heavy (non-hydrogen) atoms. The number of hydrogen-bond acceptors (Lipinski definition) is 4. The molecule has 0 unspecified atom stereocenters. The lowest BCUT2D eigenvalue weighted by atomic mass is 10.2. The van der Waals surface area contributed by atoms with Gasteiger partial charge < -0.3 is 10.4 Å². The second-order valence-electron chi connectivity index (χ2n) is 4.04. The number of nitrogens with one attached hydrogen (secondary N) is 1. The molecule has 0 saturated carbocycles. The Balaban J connectivity index is 2.00. The highest BCUT2D eigenvalue weighted by molar-refractivity contribution is 6.41. The van der Waals surface area contributed by atoms with Crippen LogP contribution in [0.15, 0.2) is 30.6 Å². The molecule has 0 aromatic carbocycles. The van der Waals surface area contributed by atoms with Crippen molar-refractivity contribution < 1.29 is 14.7 Å². The number of carboxylic acid groups (broad SMARTS) is 1. The number of halogens is 2. The van der Waals surface area contributed by atoms with Crippen LogP contribution in [0.5, 0.6) is 0 Å². The van der Waals surface area contributed by atoms with Gasteiger partial charge in [-0.15, -0.1) is 0 Å². The molecule has 108 valence electrons. The zero-order valence-corrected chi connectivity index (χ0v) is 12.0. The molecular weight excluding hydrogens is 317 g/mol. The first-order valence-electron chi connectivity index (χ1n) is 5.75. The van der Waals surface area contributed by atoms with Crippen LogP contribution < -0.4 is 5.32 Å². The van der Waals surface area contributed by atoms with E-state index in [1.54, 1.807) is 6.07 Å². The maximum atomic E-state index is 11.9. The Kier molecular flexibility index (Phi) is 4.72. The normalized spacial score (nSPS) is 10.2. The molecule has 2 aromatic rings. The SMILES string of the molecule is O=C(NCc1ccc(C(=O)O)nc1)c1cnc(Cl)c(Cl)c1. The standard InChI is InChI=1S/C13H9Cl2N3O3/c14-9-3-8(6-17-11(9)15)12(19)18-5-7-1-2-10(13(20)21)16-4-7/h1-4,6H,5H2,(H,18,19)(H,20,21). The lowest BCUT2D eigenvalue weighted by molar-refractivity contribution is 0.0690. The summed E-state index contributed by atoms with van der Waals surface area (Å²) in [5, 5.41) is 11.7. The van der Waals surface area contributed by atoms with Crippen molar-refractivity contribution in [2.75, 3.05) is 0 Å². The fourth-order valence-corrected chi connectivity index (χ4v) is 1.76. The lowest BCUT2D eigenvalue weighted by Gasteiger charge is -2.06. The molecule has 0 fully saturated rings. The molecule has 1 amide bonds. The average Bonchev–Trinajstić information content (AvgIpc) is 2.48. The minimum atomic E-state index is -1.10. The van der Waals surface area contributed by atoms with Crippen LogP contribution >= 0.6 is 23.2 Å². The minimum Gasteiger partial charge on any atom is -0.477 e. The summed E-state index contributed by atoms with van der Waals surface area (Å²) in [5.41, 5.74) is 0.889. The number of nitrogens with zero attached hydrogens (tertiary/aromatic N) is 2. The zero-order chi connectivity index (χ0) is 15.4. The van der Waals surface area contributed by atoms with Gasteiger partial charge in [0.05, 0.1) is 10.6 Å². The molecule has 0 aliphatic rings. The van der Waals surface area contributed by atoms with Crippen LogP contribution in [0.3, 0.4) is 0 Å². The van der Waals surface area contributed by atoms with Crippen LogP contribution in [-0.2, 0) is 6.54 Å². The van der Waals surface area contributed by atoms with Crippen molar-refractivity contribution in [3.8, 4) is 0 Å². The van der Waals surface area contributed by atoms with Crippen LogP contribution in [0, 0.1) is 0 Å². The zero-order valence-electron chi connectivity index (χ0n) is 10.5. The van der Waals surface area contributed by atoms with Crippen molar-refractivity contribution in [3.05, 3.63) is 57.6 Å². The predicted molar refractivity (Wildman–Crippen MR) is 76.6 cm³/mol. The molecule has 2 N–H and O–H groups in total. The Morgan fingerprint density at radius 1 is 1.19 bits per heavy atom. The van der Waals surface area contributed by atoms with Gasteiger partial charge in [0.2, 0.25) is 0 Å². The molecule has 0 saturated heterocycles. The van der Waals surface area contributed by atoms with Gasteiger partial charge in [-0.3, -0.25) is 4.79 Å². The predicted octanol–water partition coefficient (Wildman–Crippen LogP) is 2.41. The highest BCUT2D eigenvalue weighted by Crippen LogP contribution is 2.19. The number of carbonyl (C=O) groups excluding carboxylic acids is 1. The van der Waals surface area contributed by atoms with E-state index < -0.39 is 5.97 Å². The van der Waals surface area contributed by atoms with Gasteiger partial charge in [-0.2, -0.15) is 0 Å². The van der Waals surface area contributed by atoms with Crippen molar-refractivity contribution in [2.24, 2.45) is 0 Å². The Bertz CT molecular complexity index is 690. The summed E-state index contributed by atoms with van der Waals surface area (Å²) in [6.45, 7) is 0.200. The van der Waals surface area contributed by atoms with Crippen LogP contribution in [0.25, 0.3) is 0 Å². The molecule has 2 rings (SSSR count). The molecule has 0 aliphatic heterocycles. The average molecular weight is 326 g/mol. The first-order chi connectivity index (χ1) is 9.97. The number of pyridine rings is 2. The minimum absolute atomic E-state index is 0.0567. The molecule has 2 heterocycles. The third kappa shape index (κ3) is 3.90. The summed E-state index contributed by atoms with van der Waals surface area (Å²) < 4.78 is 0. The number of rotatable bonds is 4. The van der Waals surface area contributed by atoms with Crippen LogP contribution in [0.4, 0.5) is 0 Å². The Morgan fingerprint density at radius 2 is 1.95 bits per heavy atom.